The van der Waals surface area contributed by atoms with Crippen molar-refractivity contribution in [3.8, 4) is 5.75 Å². The Bertz CT molecular complexity index is 588. The quantitative estimate of drug-likeness (QED) is 0.856. The van der Waals surface area contributed by atoms with E-state index in [2.05, 4.69) is 34.6 Å². The SMILES string of the molecule is COCc1cc(C(C)Nc2c(C)n[nH]c2C)ccc1OC. The van der Waals surface area contributed by atoms with Gasteiger partial charge in [0.25, 0.3) is 0 Å². The number of aromatic nitrogens is 2. The number of aromatic amines is 1. The van der Waals surface area contributed by atoms with Crippen LogP contribution in [0.15, 0.2) is 18.2 Å². The van der Waals surface area contributed by atoms with Gasteiger partial charge in [-0.25, -0.2) is 0 Å². The van der Waals surface area contributed by atoms with Crippen molar-refractivity contribution in [2.75, 3.05) is 19.5 Å². The highest BCUT2D eigenvalue weighted by molar-refractivity contribution is 5.53. The summed E-state index contributed by atoms with van der Waals surface area (Å²) in [4.78, 5) is 0. The van der Waals surface area contributed by atoms with Crippen LogP contribution in [0.4, 0.5) is 5.69 Å². The molecule has 1 heterocycles. The lowest BCUT2D eigenvalue weighted by atomic mass is 10.0. The fourth-order valence-corrected chi connectivity index (χ4v) is 2.40. The molecule has 0 saturated carbocycles. The van der Waals surface area contributed by atoms with E-state index < -0.39 is 0 Å². The van der Waals surface area contributed by atoms with Crippen LogP contribution < -0.4 is 10.1 Å². The maximum Gasteiger partial charge on any atom is 0.124 e. The fraction of sp³-hybridized carbons (Fsp3) is 0.438. The first kappa shape index (κ1) is 15.4. The highest BCUT2D eigenvalue weighted by Gasteiger charge is 2.13. The second-order valence-electron chi connectivity index (χ2n) is 5.18. The van der Waals surface area contributed by atoms with Crippen LogP contribution >= 0.6 is 0 Å². The van der Waals surface area contributed by atoms with Gasteiger partial charge in [0, 0.05) is 18.7 Å². The number of aryl methyl sites for hydroxylation is 2. The number of methoxy groups -OCH3 is 2. The van der Waals surface area contributed by atoms with Crippen LogP contribution in [-0.4, -0.2) is 24.4 Å². The lowest BCUT2D eigenvalue weighted by Gasteiger charge is -2.18. The summed E-state index contributed by atoms with van der Waals surface area (Å²) in [6.45, 7) is 6.67. The van der Waals surface area contributed by atoms with Gasteiger partial charge in [0.1, 0.15) is 5.75 Å². The molecule has 0 amide bonds. The smallest absolute Gasteiger partial charge is 0.124 e. The van der Waals surface area contributed by atoms with Crippen LogP contribution in [-0.2, 0) is 11.3 Å². The van der Waals surface area contributed by atoms with E-state index in [0.29, 0.717) is 6.61 Å². The Kier molecular flexibility index (Phi) is 4.85. The van der Waals surface area contributed by atoms with E-state index >= 15 is 0 Å². The summed E-state index contributed by atoms with van der Waals surface area (Å²) in [5.41, 5.74) is 5.32. The molecule has 5 nitrogen and oxygen atoms in total. The molecule has 1 aromatic carbocycles. The maximum absolute atomic E-state index is 5.36. The zero-order valence-corrected chi connectivity index (χ0v) is 13.3. The maximum atomic E-state index is 5.36. The van der Waals surface area contributed by atoms with Crippen LogP contribution in [0.25, 0.3) is 0 Å². The van der Waals surface area contributed by atoms with Gasteiger partial charge < -0.3 is 14.8 Å². The van der Waals surface area contributed by atoms with E-state index in [1.807, 2.05) is 19.9 Å². The minimum atomic E-state index is 0.168. The average Bonchev–Trinajstić information content (AvgIpc) is 2.79. The number of ether oxygens (including phenoxy) is 2. The lowest BCUT2D eigenvalue weighted by molar-refractivity contribution is 0.181. The first-order chi connectivity index (χ1) is 10.1. The van der Waals surface area contributed by atoms with Gasteiger partial charge in [0.15, 0.2) is 0 Å². The van der Waals surface area contributed by atoms with E-state index in [1.54, 1.807) is 14.2 Å². The van der Waals surface area contributed by atoms with Crippen molar-refractivity contribution < 1.29 is 9.47 Å². The molecule has 1 unspecified atom stereocenters. The van der Waals surface area contributed by atoms with Crippen LogP contribution in [0.3, 0.4) is 0 Å². The molecule has 0 saturated heterocycles. The zero-order chi connectivity index (χ0) is 15.4. The van der Waals surface area contributed by atoms with Crippen LogP contribution in [0, 0.1) is 13.8 Å². The van der Waals surface area contributed by atoms with Crippen molar-refractivity contribution >= 4 is 5.69 Å². The second-order valence-corrected chi connectivity index (χ2v) is 5.18. The van der Waals surface area contributed by atoms with Crippen molar-refractivity contribution in [3.05, 3.63) is 40.7 Å². The second kappa shape index (κ2) is 6.63. The van der Waals surface area contributed by atoms with Gasteiger partial charge in [-0.1, -0.05) is 6.07 Å². The molecule has 5 heteroatoms. The van der Waals surface area contributed by atoms with Crippen LogP contribution in [0.5, 0.6) is 5.75 Å². The number of hydrogen-bond acceptors (Lipinski definition) is 4. The Labute approximate surface area is 125 Å². The third kappa shape index (κ3) is 3.36. The topological polar surface area (TPSA) is 59.2 Å². The molecule has 0 radical (unpaired) electrons. The highest BCUT2D eigenvalue weighted by atomic mass is 16.5. The summed E-state index contributed by atoms with van der Waals surface area (Å²) in [5.74, 6) is 0.850. The van der Waals surface area contributed by atoms with Gasteiger partial charge in [-0.2, -0.15) is 5.10 Å². The van der Waals surface area contributed by atoms with E-state index in [9.17, 15) is 0 Å². The summed E-state index contributed by atoms with van der Waals surface area (Å²) in [7, 11) is 3.36. The zero-order valence-electron chi connectivity index (χ0n) is 13.3. The Morgan fingerprint density at radius 1 is 1.29 bits per heavy atom. The minimum Gasteiger partial charge on any atom is -0.496 e. The minimum absolute atomic E-state index is 0.168. The predicted octanol–water partition coefficient (Wildman–Crippen LogP) is 3.35. The molecule has 21 heavy (non-hydrogen) atoms. The molecule has 0 aliphatic heterocycles. The van der Waals surface area contributed by atoms with Gasteiger partial charge in [-0.15, -0.1) is 0 Å². The van der Waals surface area contributed by atoms with Gasteiger partial charge in [-0.3, -0.25) is 5.10 Å². The Morgan fingerprint density at radius 2 is 2.05 bits per heavy atom. The highest BCUT2D eigenvalue weighted by Crippen LogP contribution is 2.27. The molecule has 1 aromatic heterocycles. The fourth-order valence-electron chi connectivity index (χ4n) is 2.40. The first-order valence-corrected chi connectivity index (χ1v) is 7.00. The Morgan fingerprint density at radius 3 is 2.62 bits per heavy atom. The van der Waals surface area contributed by atoms with Crippen LogP contribution in [0.1, 0.15) is 35.5 Å². The third-order valence-electron chi connectivity index (χ3n) is 3.59. The number of nitrogens with zero attached hydrogens (tertiary/aromatic N) is 1. The van der Waals surface area contributed by atoms with Gasteiger partial charge in [0.05, 0.1) is 30.8 Å². The number of nitrogens with one attached hydrogen (secondary N) is 2. The van der Waals surface area contributed by atoms with Crippen molar-refractivity contribution in [1.29, 1.82) is 0 Å². The third-order valence-corrected chi connectivity index (χ3v) is 3.59. The molecule has 0 fully saturated rings. The molecule has 2 aromatic rings. The molecule has 1 atom stereocenters. The summed E-state index contributed by atoms with van der Waals surface area (Å²) in [6, 6.07) is 6.34. The summed E-state index contributed by atoms with van der Waals surface area (Å²) < 4.78 is 10.6. The monoisotopic (exact) mass is 289 g/mol. The van der Waals surface area contributed by atoms with Crippen molar-refractivity contribution in [3.63, 3.8) is 0 Å². The number of H-pyrrole nitrogens is 1. The van der Waals surface area contributed by atoms with Crippen molar-refractivity contribution in [2.45, 2.75) is 33.4 Å². The molecular weight excluding hydrogens is 266 g/mol. The summed E-state index contributed by atoms with van der Waals surface area (Å²) >= 11 is 0. The van der Waals surface area contributed by atoms with Gasteiger partial charge in [0.2, 0.25) is 0 Å². The number of rotatable bonds is 6. The normalized spacial score (nSPS) is 12.2. The van der Waals surface area contributed by atoms with Gasteiger partial charge >= 0.3 is 0 Å². The molecular formula is C16H23N3O2. The number of benzene rings is 1. The molecule has 2 N–H and O–H groups in total. The predicted molar refractivity (Wildman–Crippen MR) is 83.8 cm³/mol. The number of anilines is 1. The van der Waals surface area contributed by atoms with E-state index in [-0.39, 0.29) is 6.04 Å². The molecule has 114 valence electrons. The van der Waals surface area contributed by atoms with E-state index in [4.69, 9.17) is 9.47 Å². The first-order valence-electron chi connectivity index (χ1n) is 7.00. The Balaban J connectivity index is 2.23. The van der Waals surface area contributed by atoms with Crippen LogP contribution in [0.2, 0.25) is 0 Å². The largest absolute Gasteiger partial charge is 0.496 e. The summed E-state index contributed by atoms with van der Waals surface area (Å²) in [6.07, 6.45) is 0. The molecule has 0 spiro atoms. The summed E-state index contributed by atoms with van der Waals surface area (Å²) in [5, 5.41) is 10.7. The Hall–Kier alpha value is -2.01. The van der Waals surface area contributed by atoms with Gasteiger partial charge in [-0.05, 0) is 38.5 Å². The van der Waals surface area contributed by atoms with Crippen molar-refractivity contribution in [2.24, 2.45) is 0 Å². The average molecular weight is 289 g/mol. The molecule has 0 bridgehead atoms. The lowest BCUT2D eigenvalue weighted by Crippen LogP contribution is -2.09. The van der Waals surface area contributed by atoms with Crippen molar-refractivity contribution in [1.82, 2.24) is 10.2 Å². The molecule has 2 rings (SSSR count). The van der Waals surface area contributed by atoms with E-state index in [1.165, 1.54) is 5.56 Å². The molecule has 0 aliphatic carbocycles. The molecule has 0 aliphatic rings. The standard InChI is InChI=1S/C16H23N3O2/c1-10(17-16-11(2)18-19-12(16)3)13-6-7-15(21-5)14(8-13)9-20-4/h6-8,10,17H,9H2,1-5H3,(H,18,19). The number of hydrogen-bond donors (Lipinski definition) is 2. The van der Waals surface area contributed by atoms with E-state index in [0.717, 1.165) is 28.4 Å².